The maximum Gasteiger partial charge on any atom is 0.364 e. The van der Waals surface area contributed by atoms with Gasteiger partial charge in [0.25, 0.3) is 0 Å². The highest BCUT2D eigenvalue weighted by atomic mass is 35.5. The summed E-state index contributed by atoms with van der Waals surface area (Å²) in [6, 6.07) is 1.85. The molecule has 8 nitrogen and oxygen atoms in total. The minimum Gasteiger partial charge on any atom is -0.478 e. The number of nitrogens with zero attached hydrogens (tertiary/aromatic N) is 5. The Balaban J connectivity index is 2.14. The number of hydrogen-bond acceptors (Lipinski definition) is 6. The van der Waals surface area contributed by atoms with Gasteiger partial charge in [-0.1, -0.05) is 0 Å². The number of tetrazole rings is 1. The van der Waals surface area contributed by atoms with Crippen molar-refractivity contribution >= 4 is 17.6 Å². The second kappa shape index (κ2) is 6.28. The average Bonchev–Trinajstić information content (AvgIpc) is 2.83. The first-order valence-electron chi connectivity index (χ1n) is 5.88. The van der Waals surface area contributed by atoms with Crippen molar-refractivity contribution in [2.24, 2.45) is 7.05 Å². The van der Waals surface area contributed by atoms with E-state index in [1.165, 1.54) is 4.80 Å². The molecule has 0 fully saturated rings. The van der Waals surface area contributed by atoms with Crippen molar-refractivity contribution < 1.29 is 23.4 Å². The van der Waals surface area contributed by atoms with E-state index in [1.807, 2.05) is 0 Å². The van der Waals surface area contributed by atoms with Crippen LogP contribution < -0.4 is 0 Å². The molecule has 2 aromatic rings. The number of ether oxygens (including phenoxy) is 1. The summed E-state index contributed by atoms with van der Waals surface area (Å²) < 4.78 is 31.3. The molecule has 22 heavy (non-hydrogen) atoms. The number of rotatable bonds is 6. The smallest absolute Gasteiger partial charge is 0.364 e. The monoisotopic (exact) mass is 333 g/mol. The van der Waals surface area contributed by atoms with Gasteiger partial charge in [-0.15, -0.1) is 10.2 Å². The molecule has 0 aromatic carbocycles. The Morgan fingerprint density at radius 3 is 2.73 bits per heavy atom. The van der Waals surface area contributed by atoms with E-state index in [1.54, 1.807) is 7.05 Å². The molecule has 0 aliphatic heterocycles. The molecule has 2 aromatic heterocycles. The molecule has 0 saturated heterocycles. The SMILES string of the molecule is Cn1nnc(COCc2nc(C(F)(F)Cl)ccc2C(=O)O)n1. The topological polar surface area (TPSA) is 103 Å². The fourth-order valence-corrected chi connectivity index (χ4v) is 1.69. The zero-order valence-electron chi connectivity index (χ0n) is 11.2. The van der Waals surface area contributed by atoms with Crippen molar-refractivity contribution in [3.63, 3.8) is 0 Å². The lowest BCUT2D eigenvalue weighted by Gasteiger charge is -2.11. The van der Waals surface area contributed by atoms with Crippen LogP contribution in [0.5, 0.6) is 0 Å². The van der Waals surface area contributed by atoms with E-state index in [-0.39, 0.29) is 30.3 Å². The van der Waals surface area contributed by atoms with Gasteiger partial charge in [0.1, 0.15) is 12.3 Å². The minimum atomic E-state index is -3.70. The lowest BCUT2D eigenvalue weighted by Crippen LogP contribution is -2.13. The summed E-state index contributed by atoms with van der Waals surface area (Å²) in [5.41, 5.74) is -1.18. The maximum atomic E-state index is 13.0. The van der Waals surface area contributed by atoms with Gasteiger partial charge in [0.05, 0.1) is 24.9 Å². The van der Waals surface area contributed by atoms with Gasteiger partial charge in [-0.25, -0.2) is 9.78 Å². The second-order valence-electron chi connectivity index (χ2n) is 4.18. The zero-order valence-corrected chi connectivity index (χ0v) is 12.0. The largest absolute Gasteiger partial charge is 0.478 e. The quantitative estimate of drug-likeness (QED) is 0.795. The first-order chi connectivity index (χ1) is 10.3. The molecule has 0 spiro atoms. The van der Waals surface area contributed by atoms with Crippen LogP contribution in [0, 0.1) is 0 Å². The third kappa shape index (κ3) is 3.92. The van der Waals surface area contributed by atoms with Crippen LogP contribution in [-0.2, 0) is 30.4 Å². The Morgan fingerprint density at radius 1 is 1.45 bits per heavy atom. The van der Waals surface area contributed by atoms with Crippen LogP contribution in [0.1, 0.15) is 27.6 Å². The van der Waals surface area contributed by atoms with E-state index in [0.29, 0.717) is 0 Å². The molecule has 0 unspecified atom stereocenters. The van der Waals surface area contributed by atoms with Crippen LogP contribution >= 0.6 is 11.6 Å². The number of aromatic carboxylic acids is 1. The summed E-state index contributed by atoms with van der Waals surface area (Å²) in [6.45, 7) is -0.392. The summed E-state index contributed by atoms with van der Waals surface area (Å²) >= 11 is 4.88. The molecule has 118 valence electrons. The Kier molecular flexibility index (Phi) is 4.62. The number of aromatic nitrogens is 5. The van der Waals surface area contributed by atoms with E-state index in [9.17, 15) is 13.6 Å². The summed E-state index contributed by atoms with van der Waals surface area (Å²) in [5, 5.41) is 16.4. The Labute approximate surface area is 127 Å². The van der Waals surface area contributed by atoms with Gasteiger partial charge in [-0.3, -0.25) is 0 Å². The van der Waals surface area contributed by atoms with E-state index < -0.39 is 17.0 Å². The van der Waals surface area contributed by atoms with E-state index in [4.69, 9.17) is 21.4 Å². The van der Waals surface area contributed by atoms with E-state index in [0.717, 1.165) is 12.1 Å². The Hall–Kier alpha value is -2.20. The van der Waals surface area contributed by atoms with Gasteiger partial charge in [-0.2, -0.15) is 13.6 Å². The minimum absolute atomic E-state index is 0.0733. The standard InChI is InChI=1S/C11H10ClF2N5O3/c1-19-17-9(16-18-19)5-22-4-7-6(10(20)21)2-3-8(15-7)11(12,13)14/h2-3H,4-5H2,1H3,(H,20,21). The molecular weight excluding hydrogens is 324 g/mol. The lowest BCUT2D eigenvalue weighted by molar-refractivity contribution is 0.0670. The van der Waals surface area contributed by atoms with E-state index >= 15 is 0 Å². The molecule has 0 aliphatic carbocycles. The van der Waals surface area contributed by atoms with Gasteiger partial charge in [0.15, 0.2) is 5.82 Å². The molecule has 2 heterocycles. The molecule has 0 bridgehead atoms. The van der Waals surface area contributed by atoms with Crippen molar-refractivity contribution in [1.82, 2.24) is 25.2 Å². The first kappa shape index (κ1) is 16.2. The zero-order chi connectivity index (χ0) is 16.3. The van der Waals surface area contributed by atoms with Crippen LogP contribution in [0.15, 0.2) is 12.1 Å². The number of carboxylic acid groups (broad SMARTS) is 1. The Bertz CT molecular complexity index is 689. The fraction of sp³-hybridized carbons (Fsp3) is 0.364. The fourth-order valence-electron chi connectivity index (χ4n) is 1.58. The normalized spacial score (nSPS) is 11.6. The highest BCUT2D eigenvalue weighted by molar-refractivity contribution is 6.21. The van der Waals surface area contributed by atoms with Crippen LogP contribution in [0.25, 0.3) is 0 Å². The van der Waals surface area contributed by atoms with Crippen LogP contribution in [0.2, 0.25) is 0 Å². The summed E-state index contributed by atoms with van der Waals surface area (Å²) in [5.74, 6) is -1.05. The van der Waals surface area contributed by atoms with Crippen LogP contribution in [0.3, 0.4) is 0 Å². The summed E-state index contributed by atoms with van der Waals surface area (Å²) in [4.78, 5) is 15.8. The number of halogens is 3. The van der Waals surface area contributed by atoms with Crippen molar-refractivity contribution in [3.8, 4) is 0 Å². The maximum absolute atomic E-state index is 13.0. The third-order valence-electron chi connectivity index (χ3n) is 2.51. The second-order valence-corrected chi connectivity index (χ2v) is 4.66. The van der Waals surface area contributed by atoms with Gasteiger partial charge in [-0.05, 0) is 28.9 Å². The Morgan fingerprint density at radius 2 is 2.18 bits per heavy atom. The number of carboxylic acids is 1. The molecule has 2 rings (SSSR count). The predicted octanol–water partition coefficient (Wildman–Crippen LogP) is 1.31. The van der Waals surface area contributed by atoms with Gasteiger partial charge >= 0.3 is 11.4 Å². The van der Waals surface area contributed by atoms with Crippen molar-refractivity contribution in [2.45, 2.75) is 18.6 Å². The molecule has 0 atom stereocenters. The molecular formula is C11H10ClF2N5O3. The summed E-state index contributed by atoms with van der Waals surface area (Å²) in [7, 11) is 1.56. The van der Waals surface area contributed by atoms with Crippen molar-refractivity contribution in [2.75, 3.05) is 0 Å². The molecule has 0 amide bonds. The van der Waals surface area contributed by atoms with Gasteiger partial charge < -0.3 is 9.84 Å². The average molecular weight is 334 g/mol. The van der Waals surface area contributed by atoms with Gasteiger partial charge in [0, 0.05) is 0 Å². The lowest BCUT2D eigenvalue weighted by atomic mass is 10.2. The number of alkyl halides is 3. The predicted molar refractivity (Wildman–Crippen MR) is 68.2 cm³/mol. The first-order valence-corrected chi connectivity index (χ1v) is 6.26. The van der Waals surface area contributed by atoms with Gasteiger partial charge in [0.2, 0.25) is 0 Å². The van der Waals surface area contributed by atoms with Crippen LogP contribution in [-0.4, -0.2) is 36.3 Å². The number of carbonyl (C=O) groups is 1. The number of aryl methyl sites for hydroxylation is 1. The molecule has 11 heteroatoms. The molecule has 0 saturated carbocycles. The van der Waals surface area contributed by atoms with Crippen molar-refractivity contribution in [1.29, 1.82) is 0 Å². The number of pyridine rings is 1. The summed E-state index contributed by atoms with van der Waals surface area (Å²) in [6.07, 6.45) is 0. The van der Waals surface area contributed by atoms with Crippen LogP contribution in [0.4, 0.5) is 8.78 Å². The molecule has 1 N–H and O–H groups in total. The molecule has 0 aliphatic rings. The third-order valence-corrected chi connectivity index (χ3v) is 2.71. The van der Waals surface area contributed by atoms with Crippen molar-refractivity contribution in [3.05, 3.63) is 34.9 Å². The van der Waals surface area contributed by atoms with E-state index in [2.05, 4.69) is 20.4 Å². The highest BCUT2D eigenvalue weighted by Crippen LogP contribution is 2.31. The highest BCUT2D eigenvalue weighted by Gasteiger charge is 2.31. The molecule has 0 radical (unpaired) electrons. The number of hydrogen-bond donors (Lipinski definition) is 1.